The van der Waals surface area contributed by atoms with Crippen molar-refractivity contribution in [1.29, 1.82) is 0 Å². The smallest absolute Gasteiger partial charge is 0.214 e. The van der Waals surface area contributed by atoms with Crippen molar-refractivity contribution in [2.45, 2.75) is 25.9 Å². The summed E-state index contributed by atoms with van der Waals surface area (Å²) in [6.07, 6.45) is 3.88. The third kappa shape index (κ3) is 3.27. The summed E-state index contributed by atoms with van der Waals surface area (Å²) in [5.74, 6) is 0.605. The van der Waals surface area contributed by atoms with Crippen LogP contribution in [0.3, 0.4) is 0 Å². The van der Waals surface area contributed by atoms with Crippen molar-refractivity contribution >= 4 is 5.78 Å². The van der Waals surface area contributed by atoms with Crippen molar-refractivity contribution in [3.8, 4) is 5.88 Å². The summed E-state index contributed by atoms with van der Waals surface area (Å²) in [6, 6.07) is 3.44. The molecule has 0 amide bonds. The molecule has 0 atom stereocenters. The van der Waals surface area contributed by atoms with Crippen LogP contribution in [0.1, 0.15) is 30.1 Å². The van der Waals surface area contributed by atoms with E-state index < -0.39 is 0 Å². The zero-order valence-corrected chi connectivity index (χ0v) is 10.3. The predicted molar refractivity (Wildman–Crippen MR) is 65.4 cm³/mol. The minimum atomic E-state index is 0.0422. The van der Waals surface area contributed by atoms with Crippen LogP contribution in [0.5, 0.6) is 5.88 Å². The van der Waals surface area contributed by atoms with Gasteiger partial charge in [-0.15, -0.1) is 0 Å². The maximum Gasteiger partial charge on any atom is 0.214 e. The maximum atomic E-state index is 11.2. The highest BCUT2D eigenvalue weighted by molar-refractivity contribution is 5.94. The second-order valence-corrected chi connectivity index (χ2v) is 4.56. The Hall–Kier alpha value is -1.42. The van der Waals surface area contributed by atoms with Crippen molar-refractivity contribution < 1.29 is 9.53 Å². The Bertz CT molecular complexity index is 398. The summed E-state index contributed by atoms with van der Waals surface area (Å²) in [5.41, 5.74) is 0.655. The van der Waals surface area contributed by atoms with Gasteiger partial charge in [0.25, 0.3) is 0 Å². The highest BCUT2D eigenvalue weighted by atomic mass is 16.5. The first-order valence-electron chi connectivity index (χ1n) is 5.97. The fraction of sp³-hybridized carbons (Fsp3) is 0.538. The average molecular weight is 234 g/mol. The molecule has 92 valence electrons. The minimum absolute atomic E-state index is 0.0422. The van der Waals surface area contributed by atoms with Gasteiger partial charge in [-0.2, -0.15) is 0 Å². The molecule has 0 radical (unpaired) electrons. The molecular weight excluding hydrogens is 216 g/mol. The highest BCUT2D eigenvalue weighted by Gasteiger charge is 2.18. The van der Waals surface area contributed by atoms with E-state index in [2.05, 4.69) is 16.9 Å². The third-order valence-electron chi connectivity index (χ3n) is 3.09. The quantitative estimate of drug-likeness (QED) is 0.747. The highest BCUT2D eigenvalue weighted by Crippen LogP contribution is 2.17. The van der Waals surface area contributed by atoms with Crippen LogP contribution in [0.15, 0.2) is 18.3 Å². The second-order valence-electron chi connectivity index (χ2n) is 4.56. The summed E-state index contributed by atoms with van der Waals surface area (Å²) >= 11 is 0. The molecule has 0 saturated carbocycles. The molecular formula is C13H18N2O2. The molecule has 1 aliphatic heterocycles. The molecule has 1 saturated heterocycles. The van der Waals surface area contributed by atoms with Crippen molar-refractivity contribution in [3.05, 3.63) is 23.9 Å². The number of ether oxygens (including phenoxy) is 1. The molecule has 1 aromatic heterocycles. The molecule has 0 bridgehead atoms. The molecule has 2 rings (SSSR count). The van der Waals surface area contributed by atoms with Crippen LogP contribution in [-0.4, -0.2) is 41.9 Å². The lowest BCUT2D eigenvalue weighted by molar-refractivity contribution is 0.101. The molecule has 0 N–H and O–H groups in total. The summed E-state index contributed by atoms with van der Waals surface area (Å²) in [5, 5.41) is 0. The van der Waals surface area contributed by atoms with Gasteiger partial charge in [0.15, 0.2) is 5.78 Å². The Kier molecular flexibility index (Phi) is 3.74. The van der Waals surface area contributed by atoms with Gasteiger partial charge in [0, 0.05) is 30.9 Å². The Morgan fingerprint density at radius 1 is 1.47 bits per heavy atom. The van der Waals surface area contributed by atoms with E-state index in [1.165, 1.54) is 0 Å². The molecule has 2 heterocycles. The van der Waals surface area contributed by atoms with E-state index in [1.807, 2.05) is 0 Å². The number of piperidine rings is 1. The van der Waals surface area contributed by atoms with E-state index in [4.69, 9.17) is 4.74 Å². The molecule has 0 unspecified atom stereocenters. The first-order chi connectivity index (χ1) is 8.15. The van der Waals surface area contributed by atoms with Crippen LogP contribution in [0, 0.1) is 0 Å². The Morgan fingerprint density at radius 2 is 2.18 bits per heavy atom. The molecule has 0 spiro atoms. The summed E-state index contributed by atoms with van der Waals surface area (Å²) in [6.45, 7) is 3.66. The third-order valence-corrected chi connectivity index (χ3v) is 3.09. The molecule has 4 heteroatoms. The van der Waals surface area contributed by atoms with Gasteiger partial charge < -0.3 is 9.64 Å². The number of hydrogen-bond donors (Lipinski definition) is 0. The summed E-state index contributed by atoms with van der Waals surface area (Å²) < 4.78 is 5.80. The Labute approximate surface area is 102 Å². The van der Waals surface area contributed by atoms with Gasteiger partial charge in [-0.05, 0) is 32.9 Å². The monoisotopic (exact) mass is 234 g/mol. The molecule has 4 nitrogen and oxygen atoms in total. The number of carbonyl (C=O) groups is 1. The van der Waals surface area contributed by atoms with E-state index >= 15 is 0 Å². The lowest BCUT2D eigenvalue weighted by atomic mass is 10.1. The van der Waals surface area contributed by atoms with E-state index in [1.54, 1.807) is 25.3 Å². The van der Waals surface area contributed by atoms with Gasteiger partial charge >= 0.3 is 0 Å². The summed E-state index contributed by atoms with van der Waals surface area (Å²) in [4.78, 5) is 17.7. The Balaban J connectivity index is 1.98. The van der Waals surface area contributed by atoms with Crippen LogP contribution in [-0.2, 0) is 0 Å². The second kappa shape index (κ2) is 5.27. The molecule has 1 fully saturated rings. The zero-order valence-electron chi connectivity index (χ0n) is 10.3. The van der Waals surface area contributed by atoms with E-state index in [9.17, 15) is 4.79 Å². The summed E-state index contributed by atoms with van der Waals surface area (Å²) in [7, 11) is 2.12. The number of carbonyl (C=O) groups excluding carboxylic acids is 1. The van der Waals surface area contributed by atoms with Crippen LogP contribution >= 0.6 is 0 Å². The lowest BCUT2D eigenvalue weighted by Crippen LogP contribution is -2.35. The molecule has 17 heavy (non-hydrogen) atoms. The Morgan fingerprint density at radius 3 is 2.82 bits per heavy atom. The number of likely N-dealkylation sites (tertiary alicyclic amines) is 1. The fourth-order valence-corrected chi connectivity index (χ4v) is 1.97. The number of nitrogens with zero attached hydrogens (tertiary/aromatic N) is 2. The first-order valence-corrected chi connectivity index (χ1v) is 5.97. The number of ketones is 1. The van der Waals surface area contributed by atoms with Gasteiger partial charge in [-0.3, -0.25) is 4.79 Å². The number of aromatic nitrogens is 1. The van der Waals surface area contributed by atoms with E-state index in [0.29, 0.717) is 11.4 Å². The first kappa shape index (κ1) is 12.0. The van der Waals surface area contributed by atoms with Crippen LogP contribution < -0.4 is 4.74 Å². The fourth-order valence-electron chi connectivity index (χ4n) is 1.97. The number of Topliss-reactive ketones (excluding diaryl/α,β-unsaturated/α-hetero) is 1. The zero-order chi connectivity index (χ0) is 12.3. The van der Waals surface area contributed by atoms with E-state index in [0.717, 1.165) is 25.9 Å². The molecule has 1 aliphatic rings. The van der Waals surface area contributed by atoms with Gasteiger partial charge in [0.1, 0.15) is 6.10 Å². The average Bonchev–Trinajstić information content (AvgIpc) is 2.32. The van der Waals surface area contributed by atoms with Crippen molar-refractivity contribution in [3.63, 3.8) is 0 Å². The van der Waals surface area contributed by atoms with E-state index in [-0.39, 0.29) is 11.9 Å². The van der Waals surface area contributed by atoms with Gasteiger partial charge in [-0.25, -0.2) is 4.98 Å². The van der Waals surface area contributed by atoms with Crippen molar-refractivity contribution in [2.24, 2.45) is 0 Å². The van der Waals surface area contributed by atoms with Crippen molar-refractivity contribution in [1.82, 2.24) is 9.88 Å². The number of rotatable bonds is 3. The van der Waals surface area contributed by atoms with Crippen LogP contribution in [0.25, 0.3) is 0 Å². The van der Waals surface area contributed by atoms with Crippen LogP contribution in [0.2, 0.25) is 0 Å². The topological polar surface area (TPSA) is 42.4 Å². The molecule has 0 aliphatic carbocycles. The van der Waals surface area contributed by atoms with Gasteiger partial charge in [0.2, 0.25) is 5.88 Å². The predicted octanol–water partition coefficient (Wildman–Crippen LogP) is 1.76. The maximum absolute atomic E-state index is 11.2. The largest absolute Gasteiger partial charge is 0.474 e. The standard InChI is InChI=1S/C13H18N2O2/c1-10(16)11-3-6-14-13(9-11)17-12-4-7-15(2)8-5-12/h3,6,9,12H,4-5,7-8H2,1-2H3. The van der Waals surface area contributed by atoms with Gasteiger partial charge in [-0.1, -0.05) is 0 Å². The van der Waals surface area contributed by atoms with Crippen LogP contribution in [0.4, 0.5) is 0 Å². The minimum Gasteiger partial charge on any atom is -0.474 e. The normalized spacial score (nSPS) is 18.0. The SMILES string of the molecule is CC(=O)c1ccnc(OC2CCN(C)CC2)c1. The van der Waals surface area contributed by atoms with Gasteiger partial charge in [0.05, 0.1) is 0 Å². The van der Waals surface area contributed by atoms with Crippen molar-refractivity contribution in [2.75, 3.05) is 20.1 Å². The lowest BCUT2D eigenvalue weighted by Gasteiger charge is -2.28. The molecule has 0 aromatic carbocycles. The number of pyridine rings is 1. The molecule has 1 aromatic rings. The number of hydrogen-bond acceptors (Lipinski definition) is 4.